The molecule has 0 atom stereocenters. The molecular weight excluding hydrogens is 290 g/mol. The van der Waals surface area contributed by atoms with Gasteiger partial charge >= 0.3 is 0 Å². The molecule has 0 bridgehead atoms. The Morgan fingerprint density at radius 2 is 1.78 bits per heavy atom. The Hall–Kier alpha value is -1.48. The Labute approximate surface area is 116 Å². The van der Waals surface area contributed by atoms with Crippen molar-refractivity contribution in [1.82, 2.24) is 0 Å². The molecule has 2 aromatic carbocycles. The van der Waals surface area contributed by atoms with Gasteiger partial charge < -0.3 is 10.5 Å². The van der Waals surface area contributed by atoms with Crippen LogP contribution in [0.15, 0.2) is 53.0 Å². The molecule has 0 aliphatic heterocycles. The fraction of sp³-hybridized carbons (Fsp3) is 0.200. The molecule has 0 aliphatic rings. The number of rotatable bonds is 5. The first-order valence-electron chi connectivity index (χ1n) is 5.98. The minimum Gasteiger partial charge on any atom is -0.492 e. The van der Waals surface area contributed by atoms with Crippen molar-refractivity contribution in [3.05, 3.63) is 58.6 Å². The Kier molecular flexibility index (Phi) is 4.65. The standard InChI is InChI=1S/C15H16BrNO/c16-15-13(17)9-4-10-14(15)18-11-5-8-12-6-2-1-3-7-12/h1-4,6-7,9-10H,5,8,11,17H2. The van der Waals surface area contributed by atoms with Crippen LogP contribution in [0, 0.1) is 0 Å². The molecule has 2 rings (SSSR count). The van der Waals surface area contributed by atoms with Gasteiger partial charge in [0.1, 0.15) is 5.75 Å². The van der Waals surface area contributed by atoms with Crippen molar-refractivity contribution in [2.75, 3.05) is 12.3 Å². The van der Waals surface area contributed by atoms with Gasteiger partial charge in [-0.05, 0) is 46.5 Å². The zero-order valence-electron chi connectivity index (χ0n) is 10.1. The van der Waals surface area contributed by atoms with E-state index in [0.29, 0.717) is 12.3 Å². The summed E-state index contributed by atoms with van der Waals surface area (Å²) < 4.78 is 6.55. The number of anilines is 1. The lowest BCUT2D eigenvalue weighted by atomic mass is 10.1. The third-order valence-electron chi connectivity index (χ3n) is 2.70. The summed E-state index contributed by atoms with van der Waals surface area (Å²) in [7, 11) is 0. The van der Waals surface area contributed by atoms with Gasteiger partial charge in [0.15, 0.2) is 0 Å². The van der Waals surface area contributed by atoms with Crippen LogP contribution in [0.2, 0.25) is 0 Å². The van der Waals surface area contributed by atoms with Crippen LogP contribution in [0.1, 0.15) is 12.0 Å². The average molecular weight is 306 g/mol. The molecular formula is C15H16BrNO. The maximum absolute atomic E-state index is 5.79. The summed E-state index contributed by atoms with van der Waals surface area (Å²) in [5, 5.41) is 0. The molecule has 0 fully saturated rings. The van der Waals surface area contributed by atoms with Crippen LogP contribution in [0.5, 0.6) is 5.75 Å². The van der Waals surface area contributed by atoms with Crippen molar-refractivity contribution in [3.8, 4) is 5.75 Å². The quantitative estimate of drug-likeness (QED) is 0.668. The number of hydrogen-bond donors (Lipinski definition) is 1. The van der Waals surface area contributed by atoms with Crippen LogP contribution < -0.4 is 10.5 Å². The highest BCUT2D eigenvalue weighted by Gasteiger charge is 2.03. The molecule has 2 aromatic rings. The lowest BCUT2D eigenvalue weighted by molar-refractivity contribution is 0.309. The van der Waals surface area contributed by atoms with Gasteiger partial charge in [-0.2, -0.15) is 0 Å². The zero-order chi connectivity index (χ0) is 12.8. The van der Waals surface area contributed by atoms with Crippen LogP contribution in [0.25, 0.3) is 0 Å². The monoisotopic (exact) mass is 305 g/mol. The van der Waals surface area contributed by atoms with Gasteiger partial charge in [-0.25, -0.2) is 0 Å². The van der Waals surface area contributed by atoms with E-state index in [1.165, 1.54) is 5.56 Å². The molecule has 0 heterocycles. The van der Waals surface area contributed by atoms with Crippen molar-refractivity contribution in [2.24, 2.45) is 0 Å². The third kappa shape index (κ3) is 3.50. The van der Waals surface area contributed by atoms with Gasteiger partial charge in [0.25, 0.3) is 0 Å². The highest BCUT2D eigenvalue weighted by atomic mass is 79.9. The Balaban J connectivity index is 1.81. The first kappa shape index (κ1) is 13.0. The smallest absolute Gasteiger partial charge is 0.135 e. The largest absolute Gasteiger partial charge is 0.492 e. The molecule has 2 N–H and O–H groups in total. The maximum Gasteiger partial charge on any atom is 0.135 e. The van der Waals surface area contributed by atoms with Gasteiger partial charge in [0.2, 0.25) is 0 Å². The number of ether oxygens (including phenoxy) is 1. The molecule has 0 unspecified atom stereocenters. The molecule has 94 valence electrons. The summed E-state index contributed by atoms with van der Waals surface area (Å²) in [6.45, 7) is 0.691. The molecule has 0 amide bonds. The molecule has 0 spiro atoms. The van der Waals surface area contributed by atoms with Gasteiger partial charge in [0.05, 0.1) is 11.1 Å². The molecule has 0 aliphatic carbocycles. The topological polar surface area (TPSA) is 35.2 Å². The predicted molar refractivity (Wildman–Crippen MR) is 78.8 cm³/mol. The summed E-state index contributed by atoms with van der Waals surface area (Å²) in [6.07, 6.45) is 2.02. The SMILES string of the molecule is Nc1cccc(OCCCc2ccccc2)c1Br. The summed E-state index contributed by atoms with van der Waals surface area (Å²) in [4.78, 5) is 0. The number of hydrogen-bond acceptors (Lipinski definition) is 2. The van der Waals surface area contributed by atoms with E-state index in [0.717, 1.165) is 23.1 Å². The van der Waals surface area contributed by atoms with Crippen molar-refractivity contribution in [1.29, 1.82) is 0 Å². The second-order valence-electron chi connectivity index (χ2n) is 4.10. The van der Waals surface area contributed by atoms with Crippen LogP contribution in [0.3, 0.4) is 0 Å². The van der Waals surface area contributed by atoms with Crippen LogP contribution >= 0.6 is 15.9 Å². The minimum atomic E-state index is 0.691. The Morgan fingerprint density at radius 1 is 1.00 bits per heavy atom. The van der Waals surface area contributed by atoms with Crippen LogP contribution in [-0.2, 0) is 6.42 Å². The van der Waals surface area contributed by atoms with Crippen molar-refractivity contribution in [3.63, 3.8) is 0 Å². The fourth-order valence-corrected chi connectivity index (χ4v) is 2.12. The summed E-state index contributed by atoms with van der Waals surface area (Å²) in [6, 6.07) is 16.1. The van der Waals surface area contributed by atoms with E-state index in [1.807, 2.05) is 24.3 Å². The van der Waals surface area contributed by atoms with E-state index in [9.17, 15) is 0 Å². The normalized spacial score (nSPS) is 10.3. The molecule has 0 saturated heterocycles. The molecule has 0 saturated carbocycles. The van der Waals surface area contributed by atoms with E-state index in [4.69, 9.17) is 10.5 Å². The highest BCUT2D eigenvalue weighted by Crippen LogP contribution is 2.30. The second-order valence-corrected chi connectivity index (χ2v) is 4.89. The van der Waals surface area contributed by atoms with E-state index >= 15 is 0 Å². The number of aryl methyl sites for hydroxylation is 1. The summed E-state index contributed by atoms with van der Waals surface area (Å²) in [5.41, 5.74) is 7.83. The lowest BCUT2D eigenvalue weighted by Gasteiger charge is -2.09. The first-order valence-corrected chi connectivity index (χ1v) is 6.77. The maximum atomic E-state index is 5.79. The molecule has 0 aromatic heterocycles. The second kappa shape index (κ2) is 6.45. The number of nitrogen functional groups attached to an aromatic ring is 1. The lowest BCUT2D eigenvalue weighted by Crippen LogP contribution is -2.00. The molecule has 2 nitrogen and oxygen atoms in total. The molecule has 18 heavy (non-hydrogen) atoms. The highest BCUT2D eigenvalue weighted by molar-refractivity contribution is 9.10. The van der Waals surface area contributed by atoms with Gasteiger partial charge in [0, 0.05) is 5.69 Å². The van der Waals surface area contributed by atoms with Crippen LogP contribution in [-0.4, -0.2) is 6.61 Å². The first-order chi connectivity index (χ1) is 8.77. The van der Waals surface area contributed by atoms with Crippen molar-refractivity contribution < 1.29 is 4.74 Å². The Bertz CT molecular complexity index is 499. The minimum absolute atomic E-state index is 0.691. The predicted octanol–water partition coefficient (Wildman–Crippen LogP) is 4.04. The summed E-state index contributed by atoms with van der Waals surface area (Å²) in [5.74, 6) is 0.808. The molecule has 0 radical (unpaired) electrons. The Morgan fingerprint density at radius 3 is 2.56 bits per heavy atom. The number of halogens is 1. The van der Waals surface area contributed by atoms with Gasteiger partial charge in [-0.15, -0.1) is 0 Å². The van der Waals surface area contributed by atoms with Crippen molar-refractivity contribution in [2.45, 2.75) is 12.8 Å². The van der Waals surface area contributed by atoms with E-state index in [1.54, 1.807) is 0 Å². The van der Waals surface area contributed by atoms with E-state index < -0.39 is 0 Å². The van der Waals surface area contributed by atoms with E-state index in [2.05, 4.69) is 40.2 Å². The number of benzene rings is 2. The zero-order valence-corrected chi connectivity index (χ0v) is 11.7. The summed E-state index contributed by atoms with van der Waals surface area (Å²) >= 11 is 3.43. The third-order valence-corrected chi connectivity index (χ3v) is 3.55. The van der Waals surface area contributed by atoms with Crippen molar-refractivity contribution >= 4 is 21.6 Å². The number of nitrogens with two attached hydrogens (primary N) is 1. The average Bonchev–Trinajstić information content (AvgIpc) is 2.40. The van der Waals surface area contributed by atoms with Crippen LogP contribution in [0.4, 0.5) is 5.69 Å². The molecule has 3 heteroatoms. The van der Waals surface area contributed by atoms with Gasteiger partial charge in [-0.1, -0.05) is 36.4 Å². The van der Waals surface area contributed by atoms with Gasteiger partial charge in [-0.3, -0.25) is 0 Å². The fourth-order valence-electron chi connectivity index (χ4n) is 1.74. The van der Waals surface area contributed by atoms with E-state index in [-0.39, 0.29) is 0 Å².